The van der Waals surface area contributed by atoms with Crippen LogP contribution in [0.4, 0.5) is 5.69 Å². The first kappa shape index (κ1) is 19.2. The second-order valence-corrected chi connectivity index (χ2v) is 6.26. The molecule has 0 aromatic heterocycles. The Morgan fingerprint density at radius 2 is 1.96 bits per heavy atom. The third-order valence-corrected chi connectivity index (χ3v) is 4.34. The number of amides is 2. The summed E-state index contributed by atoms with van der Waals surface area (Å²) < 4.78 is 15.8. The molecule has 0 fully saturated rings. The Kier molecular flexibility index (Phi) is 5.49. The van der Waals surface area contributed by atoms with E-state index in [0.29, 0.717) is 22.6 Å². The van der Waals surface area contributed by atoms with Crippen molar-refractivity contribution in [2.45, 2.75) is 18.9 Å². The zero-order chi connectivity index (χ0) is 20.3. The van der Waals surface area contributed by atoms with Crippen molar-refractivity contribution in [1.29, 1.82) is 0 Å². The molecule has 8 nitrogen and oxygen atoms in total. The quantitative estimate of drug-likeness (QED) is 0.705. The number of methoxy groups -OCH3 is 2. The standard InChI is InChI=1S/C20H20N2O6/c1-26-14-7-6-13-15(28-20(25)18(13)19(14)27-2)10-17(24)22-12-5-3-4-11(8-12)9-16(21)23/h3-8,15H,9-10H2,1-2H3,(H2,21,23)(H,22,24)/t15-/m0/s1. The zero-order valence-electron chi connectivity index (χ0n) is 15.5. The molecule has 0 unspecified atom stereocenters. The molecule has 3 rings (SSSR count). The summed E-state index contributed by atoms with van der Waals surface area (Å²) in [4.78, 5) is 35.8. The van der Waals surface area contributed by atoms with Crippen LogP contribution in [0, 0.1) is 0 Å². The van der Waals surface area contributed by atoms with Gasteiger partial charge in [0.15, 0.2) is 11.5 Å². The van der Waals surface area contributed by atoms with E-state index < -0.39 is 18.0 Å². The summed E-state index contributed by atoms with van der Waals surface area (Å²) in [7, 11) is 2.91. The van der Waals surface area contributed by atoms with Crippen LogP contribution in [0.15, 0.2) is 36.4 Å². The molecule has 0 bridgehead atoms. The number of carbonyl (C=O) groups is 3. The van der Waals surface area contributed by atoms with E-state index in [-0.39, 0.29) is 30.1 Å². The lowest BCUT2D eigenvalue weighted by molar-refractivity contribution is -0.118. The topological polar surface area (TPSA) is 117 Å². The molecule has 146 valence electrons. The summed E-state index contributed by atoms with van der Waals surface area (Å²) in [5, 5.41) is 2.74. The molecule has 8 heteroatoms. The van der Waals surface area contributed by atoms with Gasteiger partial charge in [-0.15, -0.1) is 0 Å². The molecule has 1 aliphatic rings. The average molecular weight is 384 g/mol. The number of primary amides is 1. The molecule has 0 saturated carbocycles. The van der Waals surface area contributed by atoms with Crippen molar-refractivity contribution in [2.75, 3.05) is 19.5 Å². The minimum atomic E-state index is -0.726. The predicted octanol–water partition coefficient (Wildman–Crippen LogP) is 1.97. The monoisotopic (exact) mass is 384 g/mol. The van der Waals surface area contributed by atoms with E-state index in [0.717, 1.165) is 0 Å². The van der Waals surface area contributed by atoms with Gasteiger partial charge in [0.1, 0.15) is 11.7 Å². The number of anilines is 1. The third kappa shape index (κ3) is 3.90. The SMILES string of the molecule is COc1ccc2c(c1OC)C(=O)O[C@H]2CC(=O)Nc1cccc(CC(N)=O)c1. The predicted molar refractivity (Wildman–Crippen MR) is 100 cm³/mol. The largest absolute Gasteiger partial charge is 0.493 e. The normalized spacial score (nSPS) is 14.8. The van der Waals surface area contributed by atoms with Gasteiger partial charge in [-0.1, -0.05) is 18.2 Å². The number of cyclic esters (lactones) is 1. The molecule has 0 aliphatic carbocycles. The number of ether oxygens (including phenoxy) is 3. The maximum Gasteiger partial charge on any atom is 0.343 e. The van der Waals surface area contributed by atoms with Crippen LogP contribution >= 0.6 is 0 Å². The highest BCUT2D eigenvalue weighted by molar-refractivity contribution is 5.99. The van der Waals surface area contributed by atoms with Crippen LogP contribution in [0.2, 0.25) is 0 Å². The fourth-order valence-corrected chi connectivity index (χ4v) is 3.16. The molecule has 2 aromatic rings. The van der Waals surface area contributed by atoms with Gasteiger partial charge in [-0.3, -0.25) is 9.59 Å². The molecular formula is C20H20N2O6. The number of hydrogen-bond acceptors (Lipinski definition) is 6. The van der Waals surface area contributed by atoms with Crippen LogP contribution < -0.4 is 20.5 Å². The Morgan fingerprint density at radius 3 is 2.64 bits per heavy atom. The van der Waals surface area contributed by atoms with E-state index in [1.54, 1.807) is 36.4 Å². The van der Waals surface area contributed by atoms with E-state index in [2.05, 4.69) is 5.32 Å². The molecule has 2 amide bonds. The molecule has 0 saturated heterocycles. The van der Waals surface area contributed by atoms with E-state index in [9.17, 15) is 14.4 Å². The molecule has 0 radical (unpaired) electrons. The van der Waals surface area contributed by atoms with Gasteiger partial charge in [0.25, 0.3) is 0 Å². The maximum absolute atomic E-state index is 12.4. The van der Waals surface area contributed by atoms with E-state index in [1.807, 2.05) is 0 Å². The summed E-state index contributed by atoms with van der Waals surface area (Å²) in [5.41, 5.74) is 7.25. The van der Waals surface area contributed by atoms with Gasteiger partial charge in [-0.25, -0.2) is 4.79 Å². The number of fused-ring (bicyclic) bond motifs is 1. The van der Waals surface area contributed by atoms with Crippen molar-refractivity contribution in [3.05, 3.63) is 53.1 Å². The van der Waals surface area contributed by atoms with Crippen molar-refractivity contribution in [3.8, 4) is 11.5 Å². The lowest BCUT2D eigenvalue weighted by Gasteiger charge is -2.13. The molecular weight excluding hydrogens is 364 g/mol. The summed E-state index contributed by atoms with van der Waals surface area (Å²) in [6, 6.07) is 10.2. The van der Waals surface area contributed by atoms with Gasteiger partial charge in [0, 0.05) is 11.3 Å². The van der Waals surface area contributed by atoms with E-state index in [1.165, 1.54) is 14.2 Å². The Balaban J connectivity index is 1.75. The Hall–Kier alpha value is -3.55. The van der Waals surface area contributed by atoms with Crippen LogP contribution in [0.25, 0.3) is 0 Å². The van der Waals surface area contributed by atoms with Crippen molar-refractivity contribution < 1.29 is 28.6 Å². The third-order valence-electron chi connectivity index (χ3n) is 4.34. The fourth-order valence-electron chi connectivity index (χ4n) is 3.16. The van der Waals surface area contributed by atoms with Gasteiger partial charge < -0.3 is 25.3 Å². The fraction of sp³-hybridized carbons (Fsp3) is 0.250. The number of nitrogens with one attached hydrogen (secondary N) is 1. The van der Waals surface area contributed by atoms with Crippen molar-refractivity contribution >= 4 is 23.5 Å². The van der Waals surface area contributed by atoms with Gasteiger partial charge in [-0.05, 0) is 23.8 Å². The van der Waals surface area contributed by atoms with Gasteiger partial charge in [0.05, 0.1) is 27.1 Å². The number of esters is 1. The molecule has 2 aromatic carbocycles. The van der Waals surface area contributed by atoms with Gasteiger partial charge in [0.2, 0.25) is 11.8 Å². The number of benzene rings is 2. The lowest BCUT2D eigenvalue weighted by atomic mass is 10.0. The first-order chi connectivity index (χ1) is 13.4. The van der Waals surface area contributed by atoms with Crippen LogP contribution in [-0.2, 0) is 20.7 Å². The highest BCUT2D eigenvalue weighted by Gasteiger charge is 2.36. The highest BCUT2D eigenvalue weighted by Crippen LogP contribution is 2.43. The van der Waals surface area contributed by atoms with Crippen molar-refractivity contribution in [1.82, 2.24) is 0 Å². The first-order valence-electron chi connectivity index (χ1n) is 8.56. The molecule has 1 aliphatic heterocycles. The van der Waals surface area contributed by atoms with Gasteiger partial charge in [-0.2, -0.15) is 0 Å². The second kappa shape index (κ2) is 7.99. The molecule has 1 atom stereocenters. The summed E-state index contributed by atoms with van der Waals surface area (Å²) in [5.74, 6) is -0.660. The zero-order valence-corrected chi connectivity index (χ0v) is 15.5. The summed E-state index contributed by atoms with van der Waals surface area (Å²) in [6.07, 6.45) is -0.705. The summed E-state index contributed by atoms with van der Waals surface area (Å²) >= 11 is 0. The minimum Gasteiger partial charge on any atom is -0.493 e. The second-order valence-electron chi connectivity index (χ2n) is 6.26. The van der Waals surface area contributed by atoms with Crippen molar-refractivity contribution in [3.63, 3.8) is 0 Å². The lowest BCUT2D eigenvalue weighted by Crippen LogP contribution is -2.16. The van der Waals surface area contributed by atoms with Crippen LogP contribution in [0.3, 0.4) is 0 Å². The van der Waals surface area contributed by atoms with Crippen LogP contribution in [0.1, 0.15) is 34.0 Å². The first-order valence-corrected chi connectivity index (χ1v) is 8.56. The number of nitrogens with two attached hydrogens (primary N) is 1. The average Bonchev–Trinajstić information content (AvgIpc) is 2.96. The summed E-state index contributed by atoms with van der Waals surface area (Å²) in [6.45, 7) is 0. The highest BCUT2D eigenvalue weighted by atomic mass is 16.6. The maximum atomic E-state index is 12.4. The molecule has 1 heterocycles. The number of hydrogen-bond donors (Lipinski definition) is 2. The molecule has 0 spiro atoms. The van der Waals surface area contributed by atoms with Gasteiger partial charge >= 0.3 is 5.97 Å². The molecule has 28 heavy (non-hydrogen) atoms. The Bertz CT molecular complexity index is 940. The Morgan fingerprint density at radius 1 is 1.18 bits per heavy atom. The number of rotatable bonds is 7. The number of carbonyl (C=O) groups excluding carboxylic acids is 3. The van der Waals surface area contributed by atoms with E-state index >= 15 is 0 Å². The van der Waals surface area contributed by atoms with Crippen LogP contribution in [-0.4, -0.2) is 32.0 Å². The Labute approximate surface area is 161 Å². The smallest absolute Gasteiger partial charge is 0.343 e. The molecule has 3 N–H and O–H groups in total. The van der Waals surface area contributed by atoms with Crippen molar-refractivity contribution in [2.24, 2.45) is 5.73 Å². The van der Waals surface area contributed by atoms with Crippen LogP contribution in [0.5, 0.6) is 11.5 Å². The van der Waals surface area contributed by atoms with E-state index in [4.69, 9.17) is 19.9 Å². The minimum absolute atomic E-state index is 0.0612.